The number of methoxy groups -OCH3 is 1. The van der Waals surface area contributed by atoms with Crippen LogP contribution in [0, 0.1) is 11.8 Å². The van der Waals surface area contributed by atoms with Gasteiger partial charge in [-0.15, -0.1) is 0 Å². The molecule has 0 aromatic carbocycles. The molecule has 11 heteroatoms. The van der Waals surface area contributed by atoms with Gasteiger partial charge in [-0.25, -0.2) is 4.79 Å². The molecule has 1 aliphatic heterocycles. The molecule has 3 aromatic heterocycles. The molecule has 0 N–H and O–H groups in total. The average molecular weight is 512 g/mol. The van der Waals surface area contributed by atoms with Crippen LogP contribution in [0.5, 0.6) is 5.88 Å². The van der Waals surface area contributed by atoms with E-state index in [1.54, 1.807) is 29.4 Å². The number of hydrogen-bond donors (Lipinski definition) is 0. The first-order valence-electron chi connectivity index (χ1n) is 13.1. The maximum absolute atomic E-state index is 13.2. The van der Waals surface area contributed by atoms with Gasteiger partial charge in [-0.1, -0.05) is 0 Å². The molecule has 1 amide bonds. The second-order valence-corrected chi connectivity index (χ2v) is 10.2. The summed E-state index contributed by atoms with van der Waals surface area (Å²) in [5.74, 6) is 1.19. The van der Waals surface area contributed by atoms with E-state index in [0.717, 1.165) is 63.1 Å². The first-order valence-corrected chi connectivity index (χ1v) is 13.1. The van der Waals surface area contributed by atoms with Crippen molar-refractivity contribution < 1.29 is 14.3 Å². The zero-order chi connectivity index (χ0) is 25.9. The van der Waals surface area contributed by atoms with Crippen molar-refractivity contribution in [1.82, 2.24) is 28.8 Å². The molecule has 1 saturated carbocycles. The summed E-state index contributed by atoms with van der Waals surface area (Å²) < 4.78 is 15.9. The Morgan fingerprint density at radius 1 is 1.05 bits per heavy atom. The van der Waals surface area contributed by atoms with Gasteiger partial charge in [0.1, 0.15) is 6.61 Å². The van der Waals surface area contributed by atoms with Crippen LogP contribution in [0.1, 0.15) is 25.7 Å². The Morgan fingerprint density at radius 2 is 1.81 bits per heavy atom. The Labute approximate surface area is 216 Å². The van der Waals surface area contributed by atoms with Crippen LogP contribution >= 0.6 is 0 Å². The van der Waals surface area contributed by atoms with Gasteiger partial charge in [0.05, 0.1) is 24.0 Å². The SMILES string of the molecule is COCCOc1ccc2c(n1)n(CC1CCC(C(=O)N3CCN(c4cnn(C)c4)CC3)CC1)c(=O)n2C. The molecule has 2 aliphatic rings. The van der Waals surface area contributed by atoms with Crippen molar-refractivity contribution in [3.8, 4) is 5.88 Å². The number of piperazine rings is 1. The number of rotatable bonds is 8. The smallest absolute Gasteiger partial charge is 0.330 e. The fraction of sp³-hybridized carbons (Fsp3) is 0.615. The fourth-order valence-electron chi connectivity index (χ4n) is 5.60. The first kappa shape index (κ1) is 25.3. The minimum atomic E-state index is -0.0683. The largest absolute Gasteiger partial charge is 0.475 e. The summed E-state index contributed by atoms with van der Waals surface area (Å²) >= 11 is 0. The zero-order valence-electron chi connectivity index (χ0n) is 22.0. The Kier molecular flexibility index (Phi) is 7.50. The first-order chi connectivity index (χ1) is 17.9. The van der Waals surface area contributed by atoms with Crippen molar-refractivity contribution in [1.29, 1.82) is 0 Å². The molecule has 0 unspecified atom stereocenters. The number of fused-ring (bicyclic) bond motifs is 1. The lowest BCUT2D eigenvalue weighted by atomic mass is 9.81. The standard InChI is InChI=1S/C26H37N7O4/c1-29-18-21(16-27-29)31-10-12-32(13-11-31)25(34)20-6-4-19(5-7-20)17-33-24-22(30(2)26(33)35)8-9-23(28-24)37-15-14-36-3/h8-9,16,18-20H,4-7,10-15,17H2,1-3H3. The highest BCUT2D eigenvalue weighted by molar-refractivity contribution is 5.79. The van der Waals surface area contributed by atoms with Gasteiger partial charge in [-0.2, -0.15) is 10.1 Å². The Bertz CT molecular complexity index is 1280. The molecule has 37 heavy (non-hydrogen) atoms. The highest BCUT2D eigenvalue weighted by Gasteiger charge is 2.32. The van der Waals surface area contributed by atoms with Crippen molar-refractivity contribution in [3.05, 3.63) is 35.0 Å². The predicted molar refractivity (Wildman–Crippen MR) is 140 cm³/mol. The quantitative estimate of drug-likeness (QED) is 0.424. The van der Waals surface area contributed by atoms with E-state index < -0.39 is 0 Å². The molecule has 2 fully saturated rings. The van der Waals surface area contributed by atoms with Gasteiger partial charge in [0.2, 0.25) is 11.8 Å². The number of nitrogens with zero attached hydrogens (tertiary/aromatic N) is 7. The number of pyridine rings is 1. The summed E-state index contributed by atoms with van der Waals surface area (Å²) in [7, 11) is 5.32. The van der Waals surface area contributed by atoms with E-state index >= 15 is 0 Å². The molecule has 11 nitrogen and oxygen atoms in total. The summed E-state index contributed by atoms with van der Waals surface area (Å²) in [6.45, 7) is 4.66. The van der Waals surface area contributed by atoms with Gasteiger partial charge in [0.25, 0.3) is 0 Å². The summed E-state index contributed by atoms with van der Waals surface area (Å²) in [5.41, 5.74) is 2.48. The maximum Gasteiger partial charge on any atom is 0.330 e. The topological polar surface area (TPSA) is 99.7 Å². The van der Waals surface area contributed by atoms with Gasteiger partial charge < -0.3 is 19.3 Å². The molecular weight excluding hydrogens is 474 g/mol. The monoisotopic (exact) mass is 511 g/mol. The van der Waals surface area contributed by atoms with Crippen LogP contribution in [0.4, 0.5) is 5.69 Å². The van der Waals surface area contributed by atoms with Crippen LogP contribution in [0.25, 0.3) is 11.2 Å². The van der Waals surface area contributed by atoms with Crippen LogP contribution in [-0.4, -0.2) is 81.2 Å². The number of ether oxygens (including phenoxy) is 2. The molecule has 0 atom stereocenters. The number of hydrogen-bond acceptors (Lipinski definition) is 7. The van der Waals surface area contributed by atoms with E-state index in [-0.39, 0.29) is 17.5 Å². The second kappa shape index (κ2) is 11.0. The lowest BCUT2D eigenvalue weighted by Crippen LogP contribution is -2.50. The van der Waals surface area contributed by atoms with Crippen molar-refractivity contribution >= 4 is 22.8 Å². The van der Waals surface area contributed by atoms with Gasteiger partial charge in [0, 0.05) is 72.1 Å². The fourth-order valence-corrected chi connectivity index (χ4v) is 5.60. The predicted octanol–water partition coefficient (Wildman–Crippen LogP) is 1.65. The third kappa shape index (κ3) is 5.36. The Balaban J connectivity index is 1.17. The molecule has 3 aromatic rings. The molecule has 200 valence electrons. The lowest BCUT2D eigenvalue weighted by molar-refractivity contribution is -0.137. The average Bonchev–Trinajstić information content (AvgIpc) is 3.46. The molecule has 1 saturated heterocycles. The minimum Gasteiger partial charge on any atom is -0.475 e. The summed E-state index contributed by atoms with van der Waals surface area (Å²) in [6, 6.07) is 3.67. The molecule has 4 heterocycles. The van der Waals surface area contributed by atoms with Gasteiger partial charge in [-0.3, -0.25) is 18.6 Å². The molecule has 0 radical (unpaired) electrons. The van der Waals surface area contributed by atoms with E-state index in [9.17, 15) is 9.59 Å². The van der Waals surface area contributed by atoms with Crippen molar-refractivity contribution in [2.24, 2.45) is 25.9 Å². The molecule has 5 rings (SSSR count). The highest BCUT2D eigenvalue weighted by atomic mass is 16.5. The minimum absolute atomic E-state index is 0.0683. The molecule has 1 aliphatic carbocycles. The maximum atomic E-state index is 13.2. The third-order valence-corrected chi connectivity index (χ3v) is 7.79. The molecular formula is C26H37N7O4. The van der Waals surface area contributed by atoms with Crippen molar-refractivity contribution in [2.45, 2.75) is 32.2 Å². The lowest BCUT2D eigenvalue weighted by Gasteiger charge is -2.38. The summed E-state index contributed by atoms with van der Waals surface area (Å²) in [5, 5.41) is 4.26. The Hall–Kier alpha value is -3.34. The van der Waals surface area contributed by atoms with Crippen LogP contribution in [0.2, 0.25) is 0 Å². The molecule has 0 spiro atoms. The number of carbonyl (C=O) groups is 1. The number of carbonyl (C=O) groups excluding carboxylic acids is 1. The van der Waals surface area contributed by atoms with Crippen LogP contribution in [-0.2, 0) is 30.2 Å². The zero-order valence-corrected chi connectivity index (χ0v) is 22.0. The van der Waals surface area contributed by atoms with Crippen LogP contribution in [0.3, 0.4) is 0 Å². The number of anilines is 1. The van der Waals surface area contributed by atoms with E-state index in [2.05, 4.69) is 15.0 Å². The second-order valence-electron chi connectivity index (χ2n) is 10.2. The summed E-state index contributed by atoms with van der Waals surface area (Å²) in [6.07, 6.45) is 7.49. The normalized spacial score (nSPS) is 20.5. The number of imidazole rings is 1. The van der Waals surface area contributed by atoms with E-state index in [0.29, 0.717) is 37.2 Å². The van der Waals surface area contributed by atoms with E-state index in [1.165, 1.54) is 0 Å². The van der Waals surface area contributed by atoms with Gasteiger partial charge >= 0.3 is 5.69 Å². The van der Waals surface area contributed by atoms with Gasteiger partial charge in [-0.05, 0) is 37.7 Å². The van der Waals surface area contributed by atoms with Crippen LogP contribution in [0.15, 0.2) is 29.3 Å². The van der Waals surface area contributed by atoms with E-state index in [1.807, 2.05) is 35.1 Å². The number of aryl methyl sites for hydroxylation is 2. The van der Waals surface area contributed by atoms with E-state index in [4.69, 9.17) is 9.47 Å². The number of aromatic nitrogens is 5. The van der Waals surface area contributed by atoms with Crippen molar-refractivity contribution in [3.63, 3.8) is 0 Å². The Morgan fingerprint density at radius 3 is 2.49 bits per heavy atom. The molecule has 0 bridgehead atoms. The van der Waals surface area contributed by atoms with Gasteiger partial charge in [0.15, 0.2) is 5.65 Å². The summed E-state index contributed by atoms with van der Waals surface area (Å²) in [4.78, 5) is 35.2. The van der Waals surface area contributed by atoms with Crippen LogP contribution < -0.4 is 15.3 Å². The number of amides is 1. The third-order valence-electron chi connectivity index (χ3n) is 7.79. The highest BCUT2D eigenvalue weighted by Crippen LogP contribution is 2.32. The van der Waals surface area contributed by atoms with Crippen molar-refractivity contribution in [2.75, 3.05) is 51.4 Å².